The van der Waals surface area contributed by atoms with Gasteiger partial charge in [0, 0.05) is 16.3 Å². The SMILES string of the molecule is CC.Cc1cc2c(s1)CC(C)CNC2=O. The third-order valence-corrected chi connectivity index (χ3v) is 3.39. The molecule has 3 heteroatoms. The van der Waals surface area contributed by atoms with Gasteiger partial charge < -0.3 is 5.32 Å². The van der Waals surface area contributed by atoms with Gasteiger partial charge in [-0.25, -0.2) is 0 Å². The van der Waals surface area contributed by atoms with Crippen molar-refractivity contribution in [1.82, 2.24) is 5.32 Å². The van der Waals surface area contributed by atoms with Gasteiger partial charge in [0.1, 0.15) is 0 Å². The summed E-state index contributed by atoms with van der Waals surface area (Å²) in [7, 11) is 0. The minimum absolute atomic E-state index is 0.101. The maximum Gasteiger partial charge on any atom is 0.252 e. The summed E-state index contributed by atoms with van der Waals surface area (Å²) in [6.45, 7) is 9.03. The smallest absolute Gasteiger partial charge is 0.252 e. The van der Waals surface area contributed by atoms with Crippen molar-refractivity contribution in [2.24, 2.45) is 5.92 Å². The Bertz CT molecular complexity index is 343. The van der Waals surface area contributed by atoms with Crippen molar-refractivity contribution >= 4 is 17.2 Å². The number of amides is 1. The van der Waals surface area contributed by atoms with Crippen LogP contribution in [0.25, 0.3) is 0 Å². The molecule has 0 spiro atoms. The summed E-state index contributed by atoms with van der Waals surface area (Å²) < 4.78 is 0. The molecule has 2 rings (SSSR count). The summed E-state index contributed by atoms with van der Waals surface area (Å²) in [5.41, 5.74) is 0.895. The molecule has 1 aliphatic heterocycles. The summed E-state index contributed by atoms with van der Waals surface area (Å²) in [5, 5.41) is 2.93. The standard InChI is InChI=1S/C10H13NOS.C2H6/c1-6-3-9-8(4-7(2)13-9)10(12)11-5-6;1-2/h4,6H,3,5H2,1-2H3,(H,11,12);1-2H3. The number of rotatable bonds is 0. The molecule has 1 amide bonds. The molecule has 1 unspecified atom stereocenters. The molecule has 1 aromatic heterocycles. The third-order valence-electron chi connectivity index (χ3n) is 2.32. The number of aryl methyl sites for hydroxylation is 1. The molecule has 0 fully saturated rings. The van der Waals surface area contributed by atoms with Crippen LogP contribution in [0.3, 0.4) is 0 Å². The van der Waals surface area contributed by atoms with Gasteiger partial charge >= 0.3 is 0 Å². The average Bonchev–Trinajstić information content (AvgIpc) is 2.53. The lowest BCUT2D eigenvalue weighted by atomic mass is 10.1. The lowest BCUT2D eigenvalue weighted by molar-refractivity contribution is 0.0953. The van der Waals surface area contributed by atoms with Crippen LogP contribution < -0.4 is 5.32 Å². The Morgan fingerprint density at radius 3 is 2.80 bits per heavy atom. The van der Waals surface area contributed by atoms with Gasteiger partial charge in [-0.15, -0.1) is 11.3 Å². The highest BCUT2D eigenvalue weighted by Crippen LogP contribution is 2.26. The second-order valence-corrected chi connectivity index (χ2v) is 5.05. The van der Waals surface area contributed by atoms with Crippen LogP contribution in [0.2, 0.25) is 0 Å². The van der Waals surface area contributed by atoms with Crippen molar-refractivity contribution in [1.29, 1.82) is 0 Å². The quantitative estimate of drug-likeness (QED) is 0.722. The van der Waals surface area contributed by atoms with Crippen molar-refractivity contribution in [2.75, 3.05) is 6.54 Å². The number of carbonyl (C=O) groups is 1. The number of fused-ring (bicyclic) bond motifs is 1. The molecule has 2 nitrogen and oxygen atoms in total. The van der Waals surface area contributed by atoms with E-state index < -0.39 is 0 Å². The molecule has 0 aromatic carbocycles. The predicted octanol–water partition coefficient (Wildman–Crippen LogP) is 3.00. The highest BCUT2D eigenvalue weighted by molar-refractivity contribution is 7.12. The molecule has 15 heavy (non-hydrogen) atoms. The van der Waals surface area contributed by atoms with E-state index in [-0.39, 0.29) is 5.91 Å². The summed E-state index contributed by atoms with van der Waals surface area (Å²) >= 11 is 1.75. The van der Waals surface area contributed by atoms with Gasteiger partial charge in [-0.05, 0) is 25.3 Å². The Labute approximate surface area is 95.7 Å². The fourth-order valence-corrected chi connectivity index (χ4v) is 2.85. The molecular formula is C12H19NOS. The topological polar surface area (TPSA) is 29.1 Å². The lowest BCUT2D eigenvalue weighted by Gasteiger charge is -2.05. The fourth-order valence-electron chi connectivity index (χ4n) is 1.66. The molecule has 0 saturated heterocycles. The highest BCUT2D eigenvalue weighted by atomic mass is 32.1. The average molecular weight is 225 g/mol. The largest absolute Gasteiger partial charge is 0.352 e. The van der Waals surface area contributed by atoms with E-state index in [2.05, 4.69) is 19.2 Å². The monoisotopic (exact) mass is 225 g/mol. The van der Waals surface area contributed by atoms with Crippen LogP contribution in [-0.4, -0.2) is 12.5 Å². The van der Waals surface area contributed by atoms with E-state index in [1.165, 1.54) is 9.75 Å². The first-order chi connectivity index (χ1) is 7.16. The highest BCUT2D eigenvalue weighted by Gasteiger charge is 2.20. The zero-order chi connectivity index (χ0) is 11.4. The first kappa shape index (κ1) is 12.2. The molecule has 1 atom stereocenters. The van der Waals surface area contributed by atoms with Gasteiger partial charge in [-0.1, -0.05) is 20.8 Å². The van der Waals surface area contributed by atoms with E-state index in [9.17, 15) is 4.79 Å². The van der Waals surface area contributed by atoms with Gasteiger partial charge in [0.05, 0.1) is 5.56 Å². The van der Waals surface area contributed by atoms with E-state index in [4.69, 9.17) is 0 Å². The second kappa shape index (κ2) is 5.31. The van der Waals surface area contributed by atoms with Crippen LogP contribution in [-0.2, 0) is 6.42 Å². The van der Waals surface area contributed by atoms with E-state index in [1.807, 2.05) is 19.9 Å². The summed E-state index contributed by atoms with van der Waals surface area (Å²) in [4.78, 5) is 14.0. The minimum Gasteiger partial charge on any atom is -0.352 e. The number of hydrogen-bond acceptors (Lipinski definition) is 2. The molecular weight excluding hydrogens is 206 g/mol. The molecule has 1 N–H and O–H groups in total. The predicted molar refractivity (Wildman–Crippen MR) is 65.6 cm³/mol. The van der Waals surface area contributed by atoms with Gasteiger partial charge in [-0.2, -0.15) is 0 Å². The van der Waals surface area contributed by atoms with E-state index >= 15 is 0 Å². The molecule has 0 saturated carbocycles. The Hall–Kier alpha value is -0.830. The maximum atomic E-state index is 11.6. The summed E-state index contributed by atoms with van der Waals surface area (Å²) in [6.07, 6.45) is 1.03. The molecule has 0 radical (unpaired) electrons. The van der Waals surface area contributed by atoms with Crippen molar-refractivity contribution in [3.8, 4) is 0 Å². The molecule has 2 heterocycles. The first-order valence-electron chi connectivity index (χ1n) is 5.54. The van der Waals surface area contributed by atoms with Crippen molar-refractivity contribution in [3.05, 3.63) is 21.4 Å². The van der Waals surface area contributed by atoms with Crippen LogP contribution in [0.15, 0.2) is 6.07 Å². The summed E-state index contributed by atoms with van der Waals surface area (Å²) in [5.74, 6) is 0.659. The van der Waals surface area contributed by atoms with Crippen molar-refractivity contribution in [2.45, 2.75) is 34.1 Å². The molecule has 0 aliphatic carbocycles. The van der Waals surface area contributed by atoms with E-state index in [0.29, 0.717) is 5.92 Å². The number of nitrogens with one attached hydrogen (secondary N) is 1. The minimum atomic E-state index is 0.101. The summed E-state index contributed by atoms with van der Waals surface area (Å²) in [6, 6.07) is 1.99. The number of thiophene rings is 1. The van der Waals surface area contributed by atoms with Gasteiger partial charge in [0.25, 0.3) is 5.91 Å². The molecule has 84 valence electrons. The molecule has 0 bridgehead atoms. The Kier molecular flexibility index (Phi) is 4.33. The van der Waals surface area contributed by atoms with Crippen LogP contribution in [0.1, 0.15) is 40.9 Å². The van der Waals surface area contributed by atoms with Gasteiger partial charge in [-0.3, -0.25) is 4.79 Å². The Morgan fingerprint density at radius 1 is 1.47 bits per heavy atom. The number of carbonyl (C=O) groups excluding carboxylic acids is 1. The van der Waals surface area contributed by atoms with Crippen molar-refractivity contribution < 1.29 is 4.79 Å². The van der Waals surface area contributed by atoms with Gasteiger partial charge in [0.15, 0.2) is 0 Å². The first-order valence-corrected chi connectivity index (χ1v) is 6.36. The maximum absolute atomic E-state index is 11.6. The second-order valence-electron chi connectivity index (χ2n) is 3.71. The zero-order valence-corrected chi connectivity index (χ0v) is 10.7. The lowest BCUT2D eigenvalue weighted by Crippen LogP contribution is -2.25. The van der Waals surface area contributed by atoms with Crippen LogP contribution in [0.5, 0.6) is 0 Å². The van der Waals surface area contributed by atoms with E-state index in [1.54, 1.807) is 11.3 Å². The molecule has 1 aliphatic rings. The Balaban J connectivity index is 0.000000531. The van der Waals surface area contributed by atoms with Crippen LogP contribution in [0, 0.1) is 12.8 Å². The van der Waals surface area contributed by atoms with Crippen LogP contribution >= 0.6 is 11.3 Å². The van der Waals surface area contributed by atoms with Crippen molar-refractivity contribution in [3.63, 3.8) is 0 Å². The fraction of sp³-hybridized carbons (Fsp3) is 0.583. The molecule has 1 aromatic rings. The third kappa shape index (κ3) is 2.81. The van der Waals surface area contributed by atoms with Crippen LogP contribution in [0.4, 0.5) is 0 Å². The van der Waals surface area contributed by atoms with Gasteiger partial charge in [0.2, 0.25) is 0 Å². The zero-order valence-electron chi connectivity index (χ0n) is 9.89. The van der Waals surface area contributed by atoms with E-state index in [0.717, 1.165) is 18.5 Å². The number of hydrogen-bond donors (Lipinski definition) is 1. The Morgan fingerprint density at radius 2 is 2.13 bits per heavy atom. The normalized spacial score (nSPS) is 19.5.